The molecule has 2 aromatic rings. The van der Waals surface area contributed by atoms with Gasteiger partial charge in [-0.05, 0) is 19.1 Å². The zero-order valence-corrected chi connectivity index (χ0v) is 14.0. The Morgan fingerprint density at radius 2 is 1.95 bits per heavy atom. The van der Waals surface area contributed by atoms with Crippen LogP contribution >= 0.6 is 11.3 Å². The number of nitrogens with zero attached hydrogens (tertiary/aromatic N) is 3. The van der Waals surface area contributed by atoms with Gasteiger partial charge in [0.25, 0.3) is 0 Å². The van der Waals surface area contributed by atoms with Crippen molar-refractivity contribution >= 4 is 29.5 Å². The zero-order valence-electron chi connectivity index (χ0n) is 13.2. The first-order chi connectivity index (χ1) is 10.4. The average Bonchev–Trinajstić information content (AvgIpc) is 2.94. The van der Waals surface area contributed by atoms with E-state index < -0.39 is 5.97 Å². The monoisotopic (exact) mass is 317 g/mol. The average molecular weight is 317 g/mol. The lowest BCUT2D eigenvalue weighted by molar-refractivity contribution is 0.0520. The predicted octanol–water partition coefficient (Wildman–Crippen LogP) is 3.58. The molecule has 2 aromatic heterocycles. The zero-order chi connectivity index (χ0) is 16.2. The lowest BCUT2D eigenvalue weighted by Gasteiger charge is -2.15. The van der Waals surface area contributed by atoms with Crippen LogP contribution in [0.1, 0.15) is 54.6 Å². The van der Waals surface area contributed by atoms with Crippen molar-refractivity contribution in [2.75, 3.05) is 6.61 Å². The summed E-state index contributed by atoms with van der Waals surface area (Å²) in [5, 5.41) is 2.43. The quantitative estimate of drug-likeness (QED) is 0.806. The maximum absolute atomic E-state index is 11.5. The number of hydrogen-bond donors (Lipinski definition) is 0. The Morgan fingerprint density at radius 1 is 1.27 bits per heavy atom. The highest BCUT2D eigenvalue weighted by atomic mass is 32.1. The van der Waals surface area contributed by atoms with Crippen molar-refractivity contribution in [2.24, 2.45) is 0 Å². The Hall–Kier alpha value is -2.08. The number of carbonyl (C=O) groups is 1. The maximum Gasteiger partial charge on any atom is 0.357 e. The van der Waals surface area contributed by atoms with E-state index in [-0.39, 0.29) is 5.41 Å². The van der Waals surface area contributed by atoms with Gasteiger partial charge in [0.05, 0.1) is 6.61 Å². The lowest BCUT2D eigenvalue weighted by Crippen LogP contribution is -2.15. The van der Waals surface area contributed by atoms with Gasteiger partial charge in [0.2, 0.25) is 0 Å². The van der Waals surface area contributed by atoms with Crippen molar-refractivity contribution in [3.05, 3.63) is 39.9 Å². The minimum Gasteiger partial charge on any atom is -0.461 e. The fraction of sp³-hybridized carbons (Fsp3) is 0.375. The van der Waals surface area contributed by atoms with Gasteiger partial charge in [-0.1, -0.05) is 20.8 Å². The molecule has 0 aliphatic heterocycles. The number of ether oxygens (including phenoxy) is 1. The van der Waals surface area contributed by atoms with Gasteiger partial charge in [-0.15, -0.1) is 11.3 Å². The molecule has 0 saturated carbocycles. The topological polar surface area (TPSA) is 65.0 Å². The summed E-state index contributed by atoms with van der Waals surface area (Å²) in [7, 11) is 0. The minimum absolute atomic E-state index is 0.0634. The van der Waals surface area contributed by atoms with Crippen LogP contribution in [-0.4, -0.2) is 27.5 Å². The molecule has 0 spiro atoms. The number of thiazole rings is 1. The molecule has 0 aromatic carbocycles. The number of carbonyl (C=O) groups excluding carboxylic acids is 1. The molecule has 0 radical (unpaired) electrons. The molecule has 5 nitrogen and oxygen atoms in total. The molecule has 0 unspecified atom stereocenters. The Bertz CT molecular complexity index is 669. The van der Waals surface area contributed by atoms with Gasteiger partial charge in [-0.2, -0.15) is 0 Å². The molecule has 0 aliphatic carbocycles. The molecule has 22 heavy (non-hydrogen) atoms. The molecule has 0 N–H and O–H groups in total. The molecule has 0 bridgehead atoms. The summed E-state index contributed by atoms with van der Waals surface area (Å²) in [6.45, 7) is 8.34. The smallest absolute Gasteiger partial charge is 0.357 e. The third-order valence-electron chi connectivity index (χ3n) is 2.77. The largest absolute Gasteiger partial charge is 0.461 e. The normalized spacial score (nSPS) is 11.8. The van der Waals surface area contributed by atoms with Crippen molar-refractivity contribution in [3.8, 4) is 0 Å². The third kappa shape index (κ3) is 4.21. The molecule has 2 rings (SSSR count). The Labute approximate surface area is 134 Å². The second kappa shape index (κ2) is 6.79. The SMILES string of the molecule is CCOC(=O)c1csc(/C=C/c2cnc(C(C)(C)C)nc2)n1. The summed E-state index contributed by atoms with van der Waals surface area (Å²) >= 11 is 1.39. The maximum atomic E-state index is 11.5. The van der Waals surface area contributed by atoms with Crippen molar-refractivity contribution in [2.45, 2.75) is 33.1 Å². The fourth-order valence-corrected chi connectivity index (χ4v) is 2.32. The highest BCUT2D eigenvalue weighted by Crippen LogP contribution is 2.18. The summed E-state index contributed by atoms with van der Waals surface area (Å²) in [6, 6.07) is 0. The first-order valence-corrected chi connectivity index (χ1v) is 7.91. The molecule has 6 heteroatoms. The number of esters is 1. The van der Waals surface area contributed by atoms with Crippen LogP contribution in [0.4, 0.5) is 0 Å². The number of hydrogen-bond acceptors (Lipinski definition) is 6. The first kappa shape index (κ1) is 16.3. The Kier molecular flexibility index (Phi) is 5.03. The summed E-state index contributed by atoms with van der Waals surface area (Å²) in [6.07, 6.45) is 7.27. The Morgan fingerprint density at radius 3 is 2.55 bits per heavy atom. The van der Waals surface area contributed by atoms with Crippen LogP contribution in [0.2, 0.25) is 0 Å². The molecule has 116 valence electrons. The van der Waals surface area contributed by atoms with E-state index in [1.807, 2.05) is 12.2 Å². The van der Waals surface area contributed by atoms with E-state index in [0.717, 1.165) is 16.4 Å². The van der Waals surface area contributed by atoms with Crippen LogP contribution in [0.5, 0.6) is 0 Å². The number of aromatic nitrogens is 3. The van der Waals surface area contributed by atoms with E-state index >= 15 is 0 Å². The van der Waals surface area contributed by atoms with Gasteiger partial charge in [0, 0.05) is 28.8 Å². The summed E-state index contributed by atoms with van der Waals surface area (Å²) in [5.74, 6) is 0.416. The van der Waals surface area contributed by atoms with E-state index in [0.29, 0.717) is 12.3 Å². The summed E-state index contributed by atoms with van der Waals surface area (Å²) < 4.78 is 4.91. The van der Waals surface area contributed by atoms with E-state index in [1.165, 1.54) is 11.3 Å². The second-order valence-electron chi connectivity index (χ2n) is 5.71. The van der Waals surface area contributed by atoms with Gasteiger partial charge in [0.1, 0.15) is 10.8 Å². The lowest BCUT2D eigenvalue weighted by atomic mass is 9.96. The predicted molar refractivity (Wildman–Crippen MR) is 87.7 cm³/mol. The molecule has 0 saturated heterocycles. The summed E-state index contributed by atoms with van der Waals surface area (Å²) in [4.78, 5) is 24.5. The molecular weight excluding hydrogens is 298 g/mol. The van der Waals surface area contributed by atoms with Crippen LogP contribution in [-0.2, 0) is 10.2 Å². The molecule has 0 amide bonds. The number of rotatable bonds is 4. The molecule has 2 heterocycles. The molecular formula is C16H19N3O2S. The minimum atomic E-state index is -0.392. The first-order valence-electron chi connectivity index (χ1n) is 7.03. The van der Waals surface area contributed by atoms with Crippen LogP contribution in [0.25, 0.3) is 12.2 Å². The van der Waals surface area contributed by atoms with Crippen LogP contribution < -0.4 is 0 Å². The second-order valence-corrected chi connectivity index (χ2v) is 6.60. The molecule has 0 aliphatic rings. The van der Waals surface area contributed by atoms with E-state index in [1.54, 1.807) is 24.7 Å². The van der Waals surface area contributed by atoms with E-state index in [4.69, 9.17) is 4.74 Å². The Balaban J connectivity index is 2.07. The van der Waals surface area contributed by atoms with Gasteiger partial charge in [-0.25, -0.2) is 19.7 Å². The molecule has 0 atom stereocenters. The third-order valence-corrected chi connectivity index (χ3v) is 3.58. The van der Waals surface area contributed by atoms with Crippen LogP contribution in [0.15, 0.2) is 17.8 Å². The van der Waals surface area contributed by atoms with Crippen molar-refractivity contribution in [3.63, 3.8) is 0 Å². The van der Waals surface area contributed by atoms with Gasteiger partial charge < -0.3 is 4.74 Å². The van der Waals surface area contributed by atoms with E-state index in [2.05, 4.69) is 35.7 Å². The van der Waals surface area contributed by atoms with Crippen molar-refractivity contribution < 1.29 is 9.53 Å². The highest BCUT2D eigenvalue weighted by Gasteiger charge is 2.16. The van der Waals surface area contributed by atoms with Gasteiger partial charge >= 0.3 is 5.97 Å². The van der Waals surface area contributed by atoms with Gasteiger partial charge in [0.15, 0.2) is 5.69 Å². The van der Waals surface area contributed by atoms with Crippen LogP contribution in [0, 0.1) is 0 Å². The van der Waals surface area contributed by atoms with E-state index in [9.17, 15) is 4.79 Å². The highest BCUT2D eigenvalue weighted by molar-refractivity contribution is 7.10. The van der Waals surface area contributed by atoms with Crippen molar-refractivity contribution in [1.29, 1.82) is 0 Å². The van der Waals surface area contributed by atoms with Gasteiger partial charge in [-0.3, -0.25) is 0 Å². The summed E-state index contributed by atoms with van der Waals surface area (Å²) in [5.41, 5.74) is 1.17. The van der Waals surface area contributed by atoms with Crippen molar-refractivity contribution in [1.82, 2.24) is 15.0 Å². The standard InChI is InChI=1S/C16H19N3O2S/c1-5-21-14(20)12-10-22-13(19-12)7-6-11-8-17-15(18-9-11)16(2,3)4/h6-10H,5H2,1-4H3/b7-6+. The fourth-order valence-electron chi connectivity index (χ4n) is 1.64. The molecule has 0 fully saturated rings. The van der Waals surface area contributed by atoms with Crippen LogP contribution in [0.3, 0.4) is 0 Å².